The van der Waals surface area contributed by atoms with Crippen LogP contribution < -0.4 is 0 Å². The van der Waals surface area contributed by atoms with Crippen LogP contribution in [-0.2, 0) is 10.0 Å². The molecule has 5 nitrogen and oxygen atoms in total. The summed E-state index contributed by atoms with van der Waals surface area (Å²) in [5.41, 5.74) is 0.0352. The number of sulfonamides is 1. The number of hydrogen-bond donors (Lipinski definition) is 1. The van der Waals surface area contributed by atoms with E-state index in [2.05, 4.69) is 15.9 Å². The molecule has 0 atom stereocenters. The zero-order chi connectivity index (χ0) is 14.1. The lowest BCUT2D eigenvalue weighted by Gasteiger charge is -2.21. The van der Waals surface area contributed by atoms with Crippen LogP contribution in [0.25, 0.3) is 0 Å². The second-order valence-electron chi connectivity index (χ2n) is 4.07. The predicted octanol–water partition coefficient (Wildman–Crippen LogP) is 2.18. The van der Waals surface area contributed by atoms with Crippen LogP contribution in [0, 0.1) is 0 Å². The highest BCUT2D eigenvalue weighted by Crippen LogP contribution is 2.26. The van der Waals surface area contributed by atoms with Gasteiger partial charge in [0.15, 0.2) is 0 Å². The van der Waals surface area contributed by atoms with Gasteiger partial charge < -0.3 is 5.11 Å². The Kier molecular flexibility index (Phi) is 4.52. The highest BCUT2D eigenvalue weighted by Gasteiger charge is 2.25. The fraction of sp³-hybridized carbons (Fsp3) is 0.364. The normalized spacial score (nSPS) is 12.1. The van der Waals surface area contributed by atoms with Crippen molar-refractivity contribution in [2.75, 3.05) is 7.05 Å². The molecule has 0 saturated carbocycles. The largest absolute Gasteiger partial charge is 0.478 e. The maximum Gasteiger partial charge on any atom is 0.335 e. The molecule has 0 aliphatic heterocycles. The van der Waals surface area contributed by atoms with Gasteiger partial charge in [0.25, 0.3) is 0 Å². The first-order valence-corrected chi connectivity index (χ1v) is 7.42. The van der Waals surface area contributed by atoms with Gasteiger partial charge in [-0.25, -0.2) is 13.2 Å². The van der Waals surface area contributed by atoms with Gasteiger partial charge in [0.1, 0.15) is 0 Å². The molecule has 0 heterocycles. The second-order valence-corrected chi connectivity index (χ2v) is 6.89. The van der Waals surface area contributed by atoms with E-state index in [-0.39, 0.29) is 21.0 Å². The fourth-order valence-electron chi connectivity index (χ4n) is 1.28. The highest BCUT2D eigenvalue weighted by molar-refractivity contribution is 9.10. The third kappa shape index (κ3) is 2.90. The van der Waals surface area contributed by atoms with E-state index in [4.69, 9.17) is 5.11 Å². The van der Waals surface area contributed by atoms with E-state index in [1.54, 1.807) is 13.8 Å². The summed E-state index contributed by atoms with van der Waals surface area (Å²) in [4.78, 5) is 10.8. The van der Waals surface area contributed by atoms with Crippen molar-refractivity contribution in [3.05, 3.63) is 28.2 Å². The second kappa shape index (κ2) is 5.38. The zero-order valence-electron chi connectivity index (χ0n) is 10.2. The number of carbonyl (C=O) groups is 1. The Hall–Kier alpha value is -0.920. The highest BCUT2D eigenvalue weighted by atomic mass is 79.9. The summed E-state index contributed by atoms with van der Waals surface area (Å²) < 4.78 is 25.9. The molecule has 0 saturated heterocycles. The number of benzene rings is 1. The molecule has 100 valence electrons. The molecular formula is C11H14BrNO4S. The Balaban J connectivity index is 3.31. The molecule has 1 aromatic rings. The fourth-order valence-corrected chi connectivity index (χ4v) is 3.68. The minimum Gasteiger partial charge on any atom is -0.478 e. The summed E-state index contributed by atoms with van der Waals surface area (Å²) in [5, 5.41) is 8.82. The van der Waals surface area contributed by atoms with Crippen molar-refractivity contribution in [3.8, 4) is 0 Å². The molecule has 0 aliphatic carbocycles. The van der Waals surface area contributed by atoms with Crippen molar-refractivity contribution in [3.63, 3.8) is 0 Å². The van der Waals surface area contributed by atoms with E-state index < -0.39 is 16.0 Å². The third-order valence-corrected chi connectivity index (χ3v) is 5.57. The van der Waals surface area contributed by atoms with Crippen LogP contribution in [-0.4, -0.2) is 36.9 Å². The van der Waals surface area contributed by atoms with Crippen LogP contribution >= 0.6 is 15.9 Å². The summed E-state index contributed by atoms with van der Waals surface area (Å²) in [6, 6.07) is 3.67. The first kappa shape index (κ1) is 15.1. The summed E-state index contributed by atoms with van der Waals surface area (Å²) in [6.07, 6.45) is 0. The van der Waals surface area contributed by atoms with Crippen LogP contribution in [0.4, 0.5) is 0 Å². The van der Waals surface area contributed by atoms with E-state index in [0.717, 1.165) is 0 Å². The van der Waals surface area contributed by atoms with Crippen LogP contribution in [0.3, 0.4) is 0 Å². The van der Waals surface area contributed by atoms with E-state index in [9.17, 15) is 13.2 Å². The Labute approximate surface area is 115 Å². The molecule has 0 amide bonds. The molecule has 0 aromatic heterocycles. The van der Waals surface area contributed by atoms with Crippen molar-refractivity contribution in [1.82, 2.24) is 4.31 Å². The first-order chi connectivity index (χ1) is 8.17. The number of aromatic carboxylic acids is 1. The monoisotopic (exact) mass is 335 g/mol. The number of carboxylic acids is 1. The molecule has 1 N–H and O–H groups in total. The number of carboxylic acid groups (broad SMARTS) is 1. The molecule has 0 unspecified atom stereocenters. The van der Waals surface area contributed by atoms with Crippen LogP contribution in [0.1, 0.15) is 24.2 Å². The molecule has 0 aliphatic rings. The SMILES string of the molecule is CC(C)N(C)S(=O)(=O)c1ccc(C(=O)O)cc1Br. The van der Waals surface area contributed by atoms with Crippen molar-refractivity contribution in [2.24, 2.45) is 0 Å². The minimum atomic E-state index is -3.62. The Morgan fingerprint density at radius 2 is 1.94 bits per heavy atom. The predicted molar refractivity (Wildman–Crippen MR) is 71.2 cm³/mol. The van der Waals surface area contributed by atoms with Gasteiger partial charge >= 0.3 is 5.97 Å². The molecule has 0 fully saturated rings. The molecule has 1 aromatic carbocycles. The van der Waals surface area contributed by atoms with Gasteiger partial charge in [0, 0.05) is 17.6 Å². The Bertz CT molecular complexity index is 568. The van der Waals surface area contributed by atoms with Crippen molar-refractivity contribution < 1.29 is 18.3 Å². The number of nitrogens with zero attached hydrogens (tertiary/aromatic N) is 1. The average Bonchev–Trinajstić information content (AvgIpc) is 2.27. The van der Waals surface area contributed by atoms with Gasteiger partial charge in [-0.3, -0.25) is 0 Å². The van der Waals surface area contributed by atoms with Crippen LogP contribution in [0.5, 0.6) is 0 Å². The summed E-state index contributed by atoms with van der Waals surface area (Å²) in [5.74, 6) is -1.10. The number of halogens is 1. The van der Waals surface area contributed by atoms with Crippen molar-refractivity contribution in [2.45, 2.75) is 24.8 Å². The summed E-state index contributed by atoms with van der Waals surface area (Å²) in [7, 11) is -2.13. The van der Waals surface area contributed by atoms with Gasteiger partial charge in [-0.1, -0.05) is 0 Å². The van der Waals surface area contributed by atoms with Crippen LogP contribution in [0.15, 0.2) is 27.6 Å². The molecule has 18 heavy (non-hydrogen) atoms. The lowest BCUT2D eigenvalue weighted by molar-refractivity contribution is 0.0696. The lowest BCUT2D eigenvalue weighted by atomic mass is 10.2. The topological polar surface area (TPSA) is 74.7 Å². The van der Waals surface area contributed by atoms with Gasteiger partial charge in [-0.2, -0.15) is 4.31 Å². The van der Waals surface area contributed by atoms with Gasteiger partial charge in [0.2, 0.25) is 10.0 Å². The minimum absolute atomic E-state index is 0.0352. The molecule has 7 heteroatoms. The van der Waals surface area contributed by atoms with Crippen molar-refractivity contribution in [1.29, 1.82) is 0 Å². The molecule has 0 bridgehead atoms. The average molecular weight is 336 g/mol. The van der Waals surface area contributed by atoms with Gasteiger partial charge in [-0.05, 0) is 48.0 Å². The number of rotatable bonds is 4. The molecular weight excluding hydrogens is 322 g/mol. The quantitative estimate of drug-likeness (QED) is 0.914. The smallest absolute Gasteiger partial charge is 0.335 e. The van der Waals surface area contributed by atoms with E-state index in [1.165, 1.54) is 29.6 Å². The standard InChI is InChI=1S/C11H14BrNO4S/c1-7(2)13(3)18(16,17)10-5-4-8(11(14)15)6-9(10)12/h4-7H,1-3H3,(H,14,15). The van der Waals surface area contributed by atoms with E-state index in [0.29, 0.717) is 0 Å². The molecule has 0 spiro atoms. The lowest BCUT2D eigenvalue weighted by Crippen LogP contribution is -2.33. The van der Waals surface area contributed by atoms with E-state index in [1.807, 2.05) is 0 Å². The van der Waals surface area contributed by atoms with Crippen LogP contribution in [0.2, 0.25) is 0 Å². The Morgan fingerprint density at radius 1 is 1.39 bits per heavy atom. The number of hydrogen-bond acceptors (Lipinski definition) is 3. The van der Waals surface area contributed by atoms with Gasteiger partial charge in [-0.15, -0.1) is 0 Å². The maximum absolute atomic E-state index is 12.2. The molecule has 0 radical (unpaired) electrons. The summed E-state index contributed by atoms with van der Waals surface area (Å²) >= 11 is 3.10. The summed E-state index contributed by atoms with van der Waals surface area (Å²) in [6.45, 7) is 3.52. The maximum atomic E-state index is 12.2. The first-order valence-electron chi connectivity index (χ1n) is 5.18. The third-order valence-electron chi connectivity index (χ3n) is 2.56. The van der Waals surface area contributed by atoms with Crippen molar-refractivity contribution >= 4 is 31.9 Å². The zero-order valence-corrected chi connectivity index (χ0v) is 12.6. The molecule has 1 rings (SSSR count). The van der Waals surface area contributed by atoms with Gasteiger partial charge in [0.05, 0.1) is 10.5 Å². The Morgan fingerprint density at radius 3 is 2.33 bits per heavy atom. The van der Waals surface area contributed by atoms with E-state index >= 15 is 0 Å².